The van der Waals surface area contributed by atoms with Gasteiger partial charge < -0.3 is 25.6 Å². The number of halogens is 2. The molecule has 1 aliphatic rings. The fourth-order valence-electron chi connectivity index (χ4n) is 4.95. The number of nitrogens with one attached hydrogen (secondary N) is 2. The summed E-state index contributed by atoms with van der Waals surface area (Å²) in [6.45, 7) is 4.27. The van der Waals surface area contributed by atoms with Gasteiger partial charge in [-0.25, -0.2) is 9.59 Å². The van der Waals surface area contributed by atoms with Gasteiger partial charge >= 0.3 is 17.9 Å². The van der Waals surface area contributed by atoms with Gasteiger partial charge in [-0.1, -0.05) is 55.2 Å². The molecule has 4 N–H and O–H groups in total. The second-order valence-electron chi connectivity index (χ2n) is 10.5. The van der Waals surface area contributed by atoms with Gasteiger partial charge in [0.15, 0.2) is 6.61 Å². The van der Waals surface area contributed by atoms with Crippen molar-refractivity contribution >= 4 is 58.6 Å². The Morgan fingerprint density at radius 3 is 2.15 bits per heavy atom. The molecular weight excluding hydrogens is 563 g/mol. The average Bonchev–Trinajstić information content (AvgIpc) is 3.12. The highest BCUT2D eigenvalue weighted by Gasteiger charge is 2.59. The van der Waals surface area contributed by atoms with Crippen LogP contribution in [0, 0.1) is 16.7 Å². The summed E-state index contributed by atoms with van der Waals surface area (Å²) in [6.07, 6.45) is 0.547. The average molecular weight is 593 g/mol. The summed E-state index contributed by atoms with van der Waals surface area (Å²) in [4.78, 5) is 61.3. The molecule has 0 heterocycles. The van der Waals surface area contributed by atoms with Crippen LogP contribution in [0.15, 0.2) is 42.5 Å². The van der Waals surface area contributed by atoms with E-state index in [1.807, 2.05) is 0 Å². The third-order valence-electron chi connectivity index (χ3n) is 7.78. The molecule has 12 heteroatoms. The van der Waals surface area contributed by atoms with Crippen LogP contribution in [-0.2, 0) is 30.3 Å². The number of carbonyl (C=O) groups excluding carboxylic acids is 3. The molecule has 2 amide bonds. The molecule has 1 saturated carbocycles. The summed E-state index contributed by atoms with van der Waals surface area (Å²) in [6, 6.07) is 9.89. The normalized spacial score (nSPS) is 20.3. The van der Waals surface area contributed by atoms with Gasteiger partial charge in [0.05, 0.1) is 21.0 Å². The predicted octanol–water partition coefficient (Wildman–Crippen LogP) is 4.43. The van der Waals surface area contributed by atoms with Crippen LogP contribution in [0.5, 0.6) is 0 Å². The quantitative estimate of drug-likeness (QED) is 0.295. The van der Waals surface area contributed by atoms with E-state index in [0.29, 0.717) is 17.7 Å². The third-order valence-corrected chi connectivity index (χ3v) is 8.41. The summed E-state index contributed by atoms with van der Waals surface area (Å²) >= 11 is 12.2. The zero-order valence-electron chi connectivity index (χ0n) is 22.1. The van der Waals surface area contributed by atoms with Crippen molar-refractivity contribution in [1.29, 1.82) is 0 Å². The maximum Gasteiger partial charge on any atom is 0.341 e. The number of aliphatic carboxylic acids is 2. The van der Waals surface area contributed by atoms with Gasteiger partial charge in [0, 0.05) is 18.0 Å². The van der Waals surface area contributed by atoms with E-state index in [4.69, 9.17) is 33.0 Å². The highest BCUT2D eigenvalue weighted by Crippen LogP contribution is 2.56. The molecule has 0 saturated heterocycles. The summed E-state index contributed by atoms with van der Waals surface area (Å²) in [5.41, 5.74) is -0.904. The SMILES string of the molecule is CC1(C(=O)OCC(=O)O)CCC(C(=O)NC(Cc2ccc(NC(=O)c3c(Cl)cccc3Cl)cc2)C(=O)O)C1(C)C. The van der Waals surface area contributed by atoms with Crippen molar-refractivity contribution in [3.8, 4) is 0 Å². The van der Waals surface area contributed by atoms with Gasteiger partial charge in [-0.05, 0) is 55.0 Å². The molecule has 40 heavy (non-hydrogen) atoms. The lowest BCUT2D eigenvalue weighted by molar-refractivity contribution is -0.168. The molecule has 0 aliphatic heterocycles. The predicted molar refractivity (Wildman–Crippen MR) is 147 cm³/mol. The van der Waals surface area contributed by atoms with Gasteiger partial charge in [-0.3, -0.25) is 14.4 Å². The van der Waals surface area contributed by atoms with Crippen LogP contribution in [0.3, 0.4) is 0 Å². The topological polar surface area (TPSA) is 159 Å². The van der Waals surface area contributed by atoms with E-state index in [2.05, 4.69) is 10.6 Å². The minimum absolute atomic E-state index is 0.0310. The van der Waals surface area contributed by atoms with E-state index in [0.717, 1.165) is 0 Å². The Balaban J connectivity index is 1.66. The van der Waals surface area contributed by atoms with E-state index < -0.39 is 59.1 Å². The van der Waals surface area contributed by atoms with Crippen LogP contribution in [0.25, 0.3) is 0 Å². The molecular formula is C28H30Cl2N2O8. The first-order chi connectivity index (χ1) is 18.7. The summed E-state index contributed by atoms with van der Waals surface area (Å²) < 4.78 is 4.92. The molecule has 214 valence electrons. The number of ether oxygens (including phenoxy) is 1. The van der Waals surface area contributed by atoms with Gasteiger partial charge in [0.2, 0.25) is 5.91 Å². The Morgan fingerprint density at radius 2 is 1.60 bits per heavy atom. The second-order valence-corrected chi connectivity index (χ2v) is 11.3. The zero-order chi connectivity index (χ0) is 29.8. The molecule has 2 aromatic rings. The Kier molecular flexibility index (Phi) is 9.48. The zero-order valence-corrected chi connectivity index (χ0v) is 23.6. The largest absolute Gasteiger partial charge is 0.480 e. The van der Waals surface area contributed by atoms with Crippen molar-refractivity contribution in [3.05, 3.63) is 63.6 Å². The molecule has 3 atom stereocenters. The molecule has 0 radical (unpaired) electrons. The molecule has 2 aromatic carbocycles. The van der Waals surface area contributed by atoms with Crippen LogP contribution in [0.2, 0.25) is 10.0 Å². The number of hydrogen-bond donors (Lipinski definition) is 4. The summed E-state index contributed by atoms with van der Waals surface area (Å²) in [5, 5.41) is 24.3. The summed E-state index contributed by atoms with van der Waals surface area (Å²) in [7, 11) is 0. The fraction of sp³-hybridized carbons (Fsp3) is 0.393. The first kappa shape index (κ1) is 30.9. The Labute approximate surface area is 241 Å². The maximum atomic E-state index is 13.2. The first-order valence-electron chi connectivity index (χ1n) is 12.4. The fourth-order valence-corrected chi connectivity index (χ4v) is 5.52. The minimum Gasteiger partial charge on any atom is -0.480 e. The highest BCUT2D eigenvalue weighted by atomic mass is 35.5. The maximum absolute atomic E-state index is 13.2. The molecule has 1 aliphatic carbocycles. The smallest absolute Gasteiger partial charge is 0.341 e. The number of hydrogen-bond acceptors (Lipinski definition) is 6. The Hall–Kier alpha value is -3.63. The van der Waals surface area contributed by atoms with Crippen molar-refractivity contribution < 1.29 is 38.9 Å². The lowest BCUT2D eigenvalue weighted by Gasteiger charge is -2.39. The van der Waals surface area contributed by atoms with Crippen molar-refractivity contribution in [1.82, 2.24) is 5.32 Å². The van der Waals surface area contributed by atoms with Gasteiger partial charge in [0.25, 0.3) is 5.91 Å². The van der Waals surface area contributed by atoms with Crippen molar-refractivity contribution in [2.24, 2.45) is 16.7 Å². The monoisotopic (exact) mass is 592 g/mol. The standard InChI is InChI=1S/C28H30Cl2N2O8/c1-27(2)17(11-12-28(27,3)26(39)40-14-21(33)34)23(35)32-20(25(37)38)13-15-7-9-16(10-8-15)31-24(36)22-18(29)5-4-6-19(22)30/h4-10,17,20H,11-14H2,1-3H3,(H,31,36)(H,32,35)(H,33,34)(H,37,38). The highest BCUT2D eigenvalue weighted by molar-refractivity contribution is 6.40. The molecule has 0 spiro atoms. The molecule has 10 nitrogen and oxygen atoms in total. The second kappa shape index (κ2) is 12.3. The van der Waals surface area contributed by atoms with Crippen LogP contribution < -0.4 is 10.6 Å². The van der Waals surface area contributed by atoms with Crippen molar-refractivity contribution in [2.45, 2.75) is 46.1 Å². The van der Waals surface area contributed by atoms with Gasteiger partial charge in [0.1, 0.15) is 6.04 Å². The Bertz CT molecular complexity index is 1310. The number of anilines is 1. The van der Waals surface area contributed by atoms with Crippen LogP contribution in [0.4, 0.5) is 5.69 Å². The molecule has 0 aromatic heterocycles. The number of amides is 2. The van der Waals surface area contributed by atoms with E-state index in [-0.39, 0.29) is 28.5 Å². The van der Waals surface area contributed by atoms with Gasteiger partial charge in [-0.2, -0.15) is 0 Å². The number of benzene rings is 2. The number of carbonyl (C=O) groups is 5. The molecule has 3 rings (SSSR count). The first-order valence-corrected chi connectivity index (χ1v) is 13.2. The lowest BCUT2D eigenvalue weighted by Crippen LogP contribution is -2.50. The van der Waals surface area contributed by atoms with Crippen LogP contribution in [-0.4, -0.2) is 52.6 Å². The molecule has 1 fully saturated rings. The van der Waals surface area contributed by atoms with E-state index in [1.165, 1.54) is 0 Å². The number of carboxylic acids is 2. The van der Waals surface area contributed by atoms with Crippen LogP contribution in [0.1, 0.15) is 49.5 Å². The van der Waals surface area contributed by atoms with E-state index >= 15 is 0 Å². The lowest BCUT2D eigenvalue weighted by atomic mass is 9.65. The number of esters is 1. The van der Waals surface area contributed by atoms with Crippen LogP contribution >= 0.6 is 23.2 Å². The molecule has 0 bridgehead atoms. The number of carboxylic acid groups (broad SMARTS) is 2. The van der Waals surface area contributed by atoms with Gasteiger partial charge in [-0.15, -0.1) is 0 Å². The van der Waals surface area contributed by atoms with E-state index in [1.54, 1.807) is 63.2 Å². The van der Waals surface area contributed by atoms with E-state index in [9.17, 15) is 29.1 Å². The van der Waals surface area contributed by atoms with Crippen molar-refractivity contribution in [2.75, 3.05) is 11.9 Å². The minimum atomic E-state index is -1.29. The summed E-state index contributed by atoms with van der Waals surface area (Å²) in [5.74, 6) is -4.96. The number of rotatable bonds is 10. The third kappa shape index (κ3) is 6.56. The van der Waals surface area contributed by atoms with Crippen molar-refractivity contribution in [3.63, 3.8) is 0 Å². The Morgan fingerprint density at radius 1 is 1.00 bits per heavy atom. The molecule has 3 unspecified atom stereocenters.